The van der Waals surface area contributed by atoms with Crippen molar-refractivity contribution in [2.45, 2.75) is 25.9 Å². The summed E-state index contributed by atoms with van der Waals surface area (Å²) in [4.78, 5) is 33.8. The first-order chi connectivity index (χ1) is 16.5. The molecule has 10 heteroatoms. The van der Waals surface area contributed by atoms with E-state index in [2.05, 4.69) is 20.2 Å². The molecule has 0 atom stereocenters. The van der Waals surface area contributed by atoms with Crippen molar-refractivity contribution in [2.24, 2.45) is 11.7 Å². The fourth-order valence-corrected chi connectivity index (χ4v) is 4.55. The highest BCUT2D eigenvalue weighted by atomic mass is 32.1. The third-order valence-electron chi connectivity index (χ3n) is 5.80. The average molecular weight is 484 g/mol. The van der Waals surface area contributed by atoms with E-state index in [-0.39, 0.29) is 17.4 Å². The molecule has 34 heavy (non-hydrogen) atoms. The van der Waals surface area contributed by atoms with Crippen molar-refractivity contribution >= 4 is 29.2 Å². The number of hydrogen-bond donors (Lipinski definition) is 2. The molecular weight excluding hydrogens is 457 g/mol. The van der Waals surface area contributed by atoms with Crippen LogP contribution in [0.15, 0.2) is 48.0 Å². The molecule has 8 nitrogen and oxygen atoms in total. The van der Waals surface area contributed by atoms with Crippen LogP contribution in [-0.2, 0) is 11.3 Å². The van der Waals surface area contributed by atoms with E-state index < -0.39 is 12.0 Å². The van der Waals surface area contributed by atoms with Crippen LogP contribution in [0.25, 0.3) is 11.1 Å². The van der Waals surface area contributed by atoms with Crippen LogP contribution < -0.4 is 16.0 Å². The maximum atomic E-state index is 13.1. The van der Waals surface area contributed by atoms with Crippen LogP contribution in [0.2, 0.25) is 0 Å². The van der Waals surface area contributed by atoms with Gasteiger partial charge in [-0.2, -0.15) is 0 Å². The number of hydrogen-bond acceptors (Lipinski definition) is 7. The predicted octanol–water partition coefficient (Wildman–Crippen LogP) is 3.98. The first-order valence-corrected chi connectivity index (χ1v) is 12.0. The molecule has 0 radical (unpaired) electrons. The monoisotopic (exact) mass is 483 g/mol. The fourth-order valence-electron chi connectivity index (χ4n) is 3.89. The summed E-state index contributed by atoms with van der Waals surface area (Å²) in [7, 11) is 0. The predicted molar refractivity (Wildman–Crippen MR) is 128 cm³/mol. The highest BCUT2D eigenvalue weighted by Gasteiger charge is 2.20. The molecule has 4 rings (SSSR count). The number of thiazole rings is 1. The summed E-state index contributed by atoms with van der Waals surface area (Å²) in [5.74, 6) is 0.614. The minimum atomic E-state index is -0.593. The number of halogens is 1. The molecule has 0 saturated carbocycles. The summed E-state index contributed by atoms with van der Waals surface area (Å²) in [6, 6.07) is 10.4. The minimum Gasteiger partial charge on any atom is -0.443 e. The van der Waals surface area contributed by atoms with Gasteiger partial charge in [-0.25, -0.2) is 19.2 Å². The Morgan fingerprint density at radius 2 is 1.88 bits per heavy atom. The minimum absolute atomic E-state index is 0.000944. The SMILES string of the molecule is NC(=O)c1nc(COC(=O)NCCC2CCN(c3ccc(-c4ccc(F)cc4)cn3)CC2)cs1. The number of ether oxygens (including phenoxy) is 1. The number of nitrogens with zero attached hydrogens (tertiary/aromatic N) is 3. The number of alkyl carbamates (subject to hydrolysis) is 1. The number of piperidine rings is 1. The molecule has 0 bridgehead atoms. The van der Waals surface area contributed by atoms with E-state index >= 15 is 0 Å². The maximum absolute atomic E-state index is 13.1. The maximum Gasteiger partial charge on any atom is 0.407 e. The molecule has 2 aromatic heterocycles. The molecule has 3 N–H and O–H groups in total. The van der Waals surface area contributed by atoms with Crippen LogP contribution in [0.3, 0.4) is 0 Å². The highest BCUT2D eigenvalue weighted by molar-refractivity contribution is 7.11. The van der Waals surface area contributed by atoms with Gasteiger partial charge < -0.3 is 20.7 Å². The number of anilines is 1. The van der Waals surface area contributed by atoms with Gasteiger partial charge in [0.15, 0.2) is 5.01 Å². The number of carbonyl (C=O) groups is 2. The zero-order valence-electron chi connectivity index (χ0n) is 18.6. The van der Waals surface area contributed by atoms with E-state index in [1.54, 1.807) is 17.5 Å². The standard InChI is InChI=1S/C24H26FN5O3S/c25-19-4-1-17(2-5-19)18-3-6-21(28-13-18)30-11-8-16(9-12-30)7-10-27-24(32)33-14-20-15-34-23(29-20)22(26)31/h1-6,13,15-16H,7-12,14H2,(H2,26,31)(H,27,32). The van der Waals surface area contributed by atoms with Crippen LogP contribution >= 0.6 is 11.3 Å². The smallest absolute Gasteiger partial charge is 0.407 e. The summed E-state index contributed by atoms with van der Waals surface area (Å²) < 4.78 is 18.3. The number of rotatable bonds is 8. The Kier molecular flexibility index (Phi) is 7.69. The second-order valence-corrected chi connectivity index (χ2v) is 9.00. The van der Waals surface area contributed by atoms with E-state index in [1.807, 2.05) is 18.3 Å². The van der Waals surface area contributed by atoms with Crippen molar-refractivity contribution in [1.29, 1.82) is 0 Å². The van der Waals surface area contributed by atoms with Crippen LogP contribution in [0.5, 0.6) is 0 Å². The third-order valence-corrected chi connectivity index (χ3v) is 6.71. The lowest BCUT2D eigenvalue weighted by Crippen LogP contribution is -2.35. The molecule has 0 aliphatic carbocycles. The third kappa shape index (κ3) is 6.28. The van der Waals surface area contributed by atoms with Crippen molar-refractivity contribution in [2.75, 3.05) is 24.5 Å². The second kappa shape index (κ2) is 11.1. The topological polar surface area (TPSA) is 110 Å². The molecule has 1 aromatic carbocycles. The molecule has 1 aliphatic rings. The van der Waals surface area contributed by atoms with E-state index in [0.29, 0.717) is 18.2 Å². The molecule has 0 spiro atoms. The summed E-state index contributed by atoms with van der Waals surface area (Å²) in [5.41, 5.74) is 7.56. The number of carbonyl (C=O) groups excluding carboxylic acids is 2. The van der Waals surface area contributed by atoms with Gasteiger partial charge in [0.1, 0.15) is 18.2 Å². The van der Waals surface area contributed by atoms with Crippen molar-refractivity contribution in [1.82, 2.24) is 15.3 Å². The van der Waals surface area contributed by atoms with Gasteiger partial charge in [-0.1, -0.05) is 12.1 Å². The van der Waals surface area contributed by atoms with Crippen LogP contribution in [0, 0.1) is 11.7 Å². The zero-order valence-corrected chi connectivity index (χ0v) is 19.4. The molecule has 1 fully saturated rings. The molecule has 1 saturated heterocycles. The van der Waals surface area contributed by atoms with Gasteiger partial charge in [-0.15, -0.1) is 11.3 Å². The number of nitrogens with one attached hydrogen (secondary N) is 1. The van der Waals surface area contributed by atoms with Crippen LogP contribution in [0.1, 0.15) is 34.8 Å². The number of nitrogens with two attached hydrogens (primary N) is 1. The number of aromatic nitrogens is 2. The highest BCUT2D eigenvalue weighted by Crippen LogP contribution is 2.26. The molecule has 1 aliphatic heterocycles. The second-order valence-electron chi connectivity index (χ2n) is 8.14. The zero-order chi connectivity index (χ0) is 23.9. The molecule has 3 heterocycles. The van der Waals surface area contributed by atoms with Crippen molar-refractivity contribution in [3.8, 4) is 11.1 Å². The Labute approximate surface area is 201 Å². The average Bonchev–Trinajstić information content (AvgIpc) is 3.34. The van der Waals surface area contributed by atoms with Crippen LogP contribution in [0.4, 0.5) is 15.0 Å². The molecule has 3 aromatic rings. The lowest BCUT2D eigenvalue weighted by molar-refractivity contribution is 0.0999. The number of benzene rings is 1. The van der Waals surface area contributed by atoms with E-state index in [0.717, 1.165) is 60.6 Å². The van der Waals surface area contributed by atoms with Gasteiger partial charge in [-0.05, 0) is 55.0 Å². The lowest BCUT2D eigenvalue weighted by atomic mass is 9.93. The number of amides is 2. The summed E-state index contributed by atoms with van der Waals surface area (Å²) in [6.45, 7) is 2.35. The van der Waals surface area contributed by atoms with E-state index in [4.69, 9.17) is 10.5 Å². The van der Waals surface area contributed by atoms with Crippen molar-refractivity contribution in [3.63, 3.8) is 0 Å². The summed E-state index contributed by atoms with van der Waals surface area (Å²) >= 11 is 1.13. The van der Waals surface area contributed by atoms with Crippen molar-refractivity contribution < 1.29 is 18.7 Å². The quantitative estimate of drug-likeness (QED) is 0.502. The Morgan fingerprint density at radius 1 is 1.15 bits per heavy atom. The van der Waals surface area contributed by atoms with Crippen molar-refractivity contribution in [3.05, 3.63) is 64.5 Å². The molecule has 0 unspecified atom stereocenters. The largest absolute Gasteiger partial charge is 0.443 e. The summed E-state index contributed by atoms with van der Waals surface area (Å²) in [5, 5.41) is 4.62. The lowest BCUT2D eigenvalue weighted by Gasteiger charge is -2.33. The molecule has 178 valence electrons. The summed E-state index contributed by atoms with van der Waals surface area (Å²) in [6.07, 6.45) is 4.24. The first-order valence-electron chi connectivity index (χ1n) is 11.1. The Bertz CT molecular complexity index is 1110. The number of pyridine rings is 1. The van der Waals surface area contributed by atoms with Gasteiger partial charge >= 0.3 is 6.09 Å². The number of primary amides is 1. The van der Waals surface area contributed by atoms with Crippen LogP contribution in [-0.4, -0.2) is 41.6 Å². The van der Waals surface area contributed by atoms with E-state index in [9.17, 15) is 14.0 Å². The first kappa shape index (κ1) is 23.6. The Morgan fingerprint density at radius 3 is 2.53 bits per heavy atom. The van der Waals surface area contributed by atoms with E-state index in [1.165, 1.54) is 12.1 Å². The van der Waals surface area contributed by atoms with Gasteiger partial charge in [-0.3, -0.25) is 4.79 Å². The van der Waals surface area contributed by atoms with Gasteiger partial charge in [0.2, 0.25) is 0 Å². The Hall–Kier alpha value is -3.53. The fraction of sp³-hybridized carbons (Fsp3) is 0.333. The molecule has 2 amide bonds. The van der Waals surface area contributed by atoms with Gasteiger partial charge in [0.05, 0.1) is 5.69 Å². The molecular formula is C24H26FN5O3S. The Balaban J connectivity index is 1.15. The van der Waals surface area contributed by atoms with Gasteiger partial charge in [0.25, 0.3) is 5.91 Å². The van der Waals surface area contributed by atoms with Gasteiger partial charge in [0, 0.05) is 36.8 Å². The normalized spacial score (nSPS) is 14.1.